The maximum Gasteiger partial charge on any atom is 0.237 e. The Balaban J connectivity index is 2.71. The number of thioether (sulfide) groups is 1. The van der Waals surface area contributed by atoms with Gasteiger partial charge in [0.1, 0.15) is 5.37 Å². The largest absolute Gasteiger partial charge is 0.274 e. The average molecular weight is 226 g/mol. The van der Waals surface area contributed by atoms with Crippen LogP contribution in [0.4, 0.5) is 0 Å². The van der Waals surface area contributed by atoms with E-state index < -0.39 is 0 Å². The number of allylic oxidation sites excluding steroid dienone is 2. The van der Waals surface area contributed by atoms with Crippen molar-refractivity contribution in [1.29, 1.82) is 0 Å². The van der Waals surface area contributed by atoms with Gasteiger partial charge in [0.25, 0.3) is 0 Å². The van der Waals surface area contributed by atoms with Crippen LogP contribution in [-0.2, 0) is 4.79 Å². The lowest BCUT2D eigenvalue weighted by Gasteiger charge is -2.37. The normalized spacial score (nSPS) is 19.8. The number of hydrogen-bond donors (Lipinski definition) is 0. The molecular formula is C11H18N2OS. The predicted molar refractivity (Wildman–Crippen MR) is 65.1 cm³/mol. The molecule has 0 saturated heterocycles. The van der Waals surface area contributed by atoms with E-state index in [1.807, 2.05) is 35.1 Å². The zero-order valence-electron chi connectivity index (χ0n) is 9.68. The van der Waals surface area contributed by atoms with Crippen molar-refractivity contribution in [2.24, 2.45) is 0 Å². The highest BCUT2D eigenvalue weighted by atomic mass is 32.2. The first-order chi connectivity index (χ1) is 7.02. The van der Waals surface area contributed by atoms with E-state index >= 15 is 0 Å². The number of nitrogens with zero attached hydrogens (tertiary/aromatic N) is 2. The van der Waals surface area contributed by atoms with Crippen molar-refractivity contribution in [1.82, 2.24) is 10.0 Å². The van der Waals surface area contributed by atoms with Gasteiger partial charge in [-0.25, -0.2) is 0 Å². The van der Waals surface area contributed by atoms with Crippen molar-refractivity contribution in [3.8, 4) is 0 Å². The van der Waals surface area contributed by atoms with Crippen LogP contribution in [0.5, 0.6) is 0 Å². The Morgan fingerprint density at radius 2 is 2.13 bits per heavy atom. The molecule has 0 saturated carbocycles. The van der Waals surface area contributed by atoms with E-state index in [-0.39, 0.29) is 11.3 Å². The third-order valence-electron chi connectivity index (χ3n) is 2.10. The molecule has 0 N–H and O–H groups in total. The molecule has 1 amide bonds. The lowest BCUT2D eigenvalue weighted by Crippen LogP contribution is -2.44. The quantitative estimate of drug-likeness (QED) is 0.737. The summed E-state index contributed by atoms with van der Waals surface area (Å²) in [5.41, 5.74) is 0. The Morgan fingerprint density at radius 1 is 1.47 bits per heavy atom. The van der Waals surface area contributed by atoms with Gasteiger partial charge in [0.2, 0.25) is 5.91 Å². The second-order valence-corrected chi connectivity index (χ2v) is 5.42. The van der Waals surface area contributed by atoms with Gasteiger partial charge >= 0.3 is 0 Å². The molecule has 3 nitrogen and oxygen atoms in total. The maximum absolute atomic E-state index is 11.3. The van der Waals surface area contributed by atoms with Crippen LogP contribution < -0.4 is 0 Å². The Kier molecular flexibility index (Phi) is 4.27. The third-order valence-corrected chi connectivity index (χ3v) is 3.30. The predicted octanol–water partition coefficient (Wildman–Crippen LogP) is 2.23. The number of hydrogen-bond acceptors (Lipinski definition) is 3. The van der Waals surface area contributed by atoms with Crippen LogP contribution in [0, 0.1) is 0 Å². The summed E-state index contributed by atoms with van der Waals surface area (Å²) in [7, 11) is 1.79. The van der Waals surface area contributed by atoms with Gasteiger partial charge in [-0.3, -0.25) is 14.8 Å². The molecule has 1 atom stereocenters. The fraction of sp³-hybridized carbons (Fsp3) is 0.545. The minimum Gasteiger partial charge on any atom is -0.274 e. The molecule has 0 radical (unpaired) electrons. The molecule has 0 aromatic carbocycles. The molecule has 1 heterocycles. The van der Waals surface area contributed by atoms with Gasteiger partial charge < -0.3 is 0 Å². The Hall–Kier alpha value is -0.900. The summed E-state index contributed by atoms with van der Waals surface area (Å²) >= 11 is 1.82. The van der Waals surface area contributed by atoms with Gasteiger partial charge in [-0.2, -0.15) is 0 Å². The van der Waals surface area contributed by atoms with E-state index in [1.54, 1.807) is 19.0 Å². The highest BCUT2D eigenvalue weighted by Crippen LogP contribution is 2.25. The number of carbonyl (C=O) groups is 1. The maximum atomic E-state index is 11.3. The van der Waals surface area contributed by atoms with E-state index in [4.69, 9.17) is 0 Å². The molecule has 0 fully saturated rings. The van der Waals surface area contributed by atoms with Gasteiger partial charge in [0.15, 0.2) is 0 Å². The molecule has 0 aliphatic carbocycles. The molecule has 84 valence electrons. The van der Waals surface area contributed by atoms with Gasteiger partial charge in [-0.05, 0) is 6.08 Å². The lowest BCUT2D eigenvalue weighted by molar-refractivity contribution is -0.139. The van der Waals surface area contributed by atoms with Crippen LogP contribution in [0.3, 0.4) is 0 Å². The smallest absolute Gasteiger partial charge is 0.237 e. The highest BCUT2D eigenvalue weighted by molar-refractivity contribution is 8.00. The summed E-state index contributed by atoms with van der Waals surface area (Å²) in [6, 6.07) is 0. The topological polar surface area (TPSA) is 23.6 Å². The fourth-order valence-corrected chi connectivity index (χ4v) is 2.37. The molecule has 1 unspecified atom stereocenters. The van der Waals surface area contributed by atoms with Crippen LogP contribution in [0.15, 0.2) is 24.4 Å². The molecule has 0 aromatic heterocycles. The summed E-state index contributed by atoms with van der Waals surface area (Å²) in [5.74, 6) is 0.0457. The minimum atomic E-state index is 0.0457. The van der Waals surface area contributed by atoms with E-state index in [1.165, 1.54) is 0 Å². The van der Waals surface area contributed by atoms with Gasteiger partial charge in [0.05, 0.1) is 0 Å². The molecule has 0 spiro atoms. The molecule has 15 heavy (non-hydrogen) atoms. The zero-order chi connectivity index (χ0) is 11.4. The number of amides is 1. The van der Waals surface area contributed by atoms with Crippen molar-refractivity contribution >= 4 is 17.7 Å². The van der Waals surface area contributed by atoms with Crippen LogP contribution in [0.2, 0.25) is 0 Å². The van der Waals surface area contributed by atoms with Crippen LogP contribution >= 0.6 is 11.8 Å². The van der Waals surface area contributed by atoms with Gasteiger partial charge in [0, 0.05) is 25.4 Å². The number of rotatable bonds is 3. The van der Waals surface area contributed by atoms with Gasteiger partial charge in [-0.1, -0.05) is 26.0 Å². The summed E-state index contributed by atoms with van der Waals surface area (Å²) in [4.78, 5) is 11.3. The van der Waals surface area contributed by atoms with Crippen LogP contribution in [0.25, 0.3) is 0 Å². The van der Waals surface area contributed by atoms with Crippen molar-refractivity contribution in [3.05, 3.63) is 24.4 Å². The second-order valence-electron chi connectivity index (χ2n) is 3.72. The molecule has 1 aliphatic rings. The molecule has 1 rings (SSSR count). The molecule has 1 aliphatic heterocycles. The first-order valence-electron chi connectivity index (χ1n) is 5.05. The first-order valence-corrected chi connectivity index (χ1v) is 5.99. The zero-order valence-corrected chi connectivity index (χ0v) is 10.5. The summed E-state index contributed by atoms with van der Waals surface area (Å²) in [5, 5.41) is 4.34. The number of carbonyl (C=O) groups excluding carboxylic acids is 1. The van der Waals surface area contributed by atoms with E-state index in [9.17, 15) is 4.79 Å². The summed E-state index contributed by atoms with van der Waals surface area (Å²) in [6.07, 6.45) is 7.99. The summed E-state index contributed by atoms with van der Waals surface area (Å²) in [6.45, 7) is 5.88. The molecule has 4 heteroatoms. The summed E-state index contributed by atoms with van der Waals surface area (Å²) < 4.78 is 0. The standard InChI is InChI=1S/C11H18N2OS/c1-9(2)15-11-7-5-6-8-13(11)12(4)10(3)14/h5-9,11H,1-4H3. The van der Waals surface area contributed by atoms with Crippen molar-refractivity contribution in [2.75, 3.05) is 7.05 Å². The first kappa shape index (κ1) is 12.2. The van der Waals surface area contributed by atoms with E-state index in [0.717, 1.165) is 0 Å². The molecule has 0 bridgehead atoms. The highest BCUT2D eigenvalue weighted by Gasteiger charge is 2.21. The second kappa shape index (κ2) is 5.26. The van der Waals surface area contributed by atoms with Crippen molar-refractivity contribution in [2.45, 2.75) is 31.4 Å². The lowest BCUT2D eigenvalue weighted by atomic mass is 10.4. The Bertz CT molecular complexity index is 286. The van der Waals surface area contributed by atoms with Gasteiger partial charge in [-0.15, -0.1) is 11.8 Å². The minimum absolute atomic E-state index is 0.0457. The molecular weight excluding hydrogens is 208 g/mol. The number of hydrazine groups is 1. The Morgan fingerprint density at radius 3 is 2.67 bits per heavy atom. The van der Waals surface area contributed by atoms with E-state index in [0.29, 0.717) is 5.25 Å². The van der Waals surface area contributed by atoms with E-state index in [2.05, 4.69) is 19.9 Å². The monoisotopic (exact) mass is 226 g/mol. The average Bonchev–Trinajstić information content (AvgIpc) is 2.16. The molecule has 0 aromatic rings. The SMILES string of the molecule is CC(=O)N(C)N1C=CC=CC1SC(C)C. The van der Waals surface area contributed by atoms with Crippen LogP contribution in [-0.4, -0.2) is 33.6 Å². The van der Waals surface area contributed by atoms with Crippen LogP contribution in [0.1, 0.15) is 20.8 Å². The van der Waals surface area contributed by atoms with Crippen molar-refractivity contribution in [3.63, 3.8) is 0 Å². The van der Waals surface area contributed by atoms with Crippen molar-refractivity contribution < 1.29 is 4.79 Å². The Labute approximate surface area is 95.8 Å². The fourth-order valence-electron chi connectivity index (χ4n) is 1.29. The third kappa shape index (κ3) is 3.30.